The Balaban J connectivity index is 2.63. The zero-order valence-electron chi connectivity index (χ0n) is 12.0. The van der Waals surface area contributed by atoms with Gasteiger partial charge in [0.05, 0.1) is 23.8 Å². The Kier molecular flexibility index (Phi) is 6.46. The summed E-state index contributed by atoms with van der Waals surface area (Å²) in [6.07, 6.45) is -4.53. The minimum atomic E-state index is -4.53. The van der Waals surface area contributed by atoms with Crippen molar-refractivity contribution in [3.63, 3.8) is 0 Å². The van der Waals surface area contributed by atoms with Crippen LogP contribution < -0.4 is 5.32 Å². The molecule has 116 valence electrons. The molecule has 1 aromatic carbocycles. The maximum absolute atomic E-state index is 12.8. The molecule has 0 saturated carbocycles. The Morgan fingerprint density at radius 3 is 2.62 bits per heavy atom. The van der Waals surface area contributed by atoms with Crippen LogP contribution in [0.1, 0.15) is 11.1 Å². The number of ether oxygens (including phenoxy) is 1. The fraction of sp³-hybridized carbons (Fsp3) is 0.500. The van der Waals surface area contributed by atoms with Crippen LogP contribution in [0, 0.1) is 11.3 Å². The predicted molar refractivity (Wildman–Crippen MR) is 74.0 cm³/mol. The van der Waals surface area contributed by atoms with Gasteiger partial charge < -0.3 is 15.0 Å². The second-order valence-electron chi connectivity index (χ2n) is 4.59. The quantitative estimate of drug-likeness (QED) is 0.841. The number of alkyl halides is 3. The molecule has 0 fully saturated rings. The lowest BCUT2D eigenvalue weighted by Gasteiger charge is -2.17. The number of likely N-dealkylation sites (N-methyl/N-ethyl adjacent to an activating group) is 1. The van der Waals surface area contributed by atoms with Gasteiger partial charge in [-0.15, -0.1) is 0 Å². The maximum atomic E-state index is 12.8. The van der Waals surface area contributed by atoms with Crippen LogP contribution in [0.25, 0.3) is 0 Å². The Morgan fingerprint density at radius 2 is 2.05 bits per heavy atom. The molecular weight excluding hydrogens is 283 g/mol. The van der Waals surface area contributed by atoms with E-state index >= 15 is 0 Å². The van der Waals surface area contributed by atoms with Crippen molar-refractivity contribution in [2.45, 2.75) is 6.18 Å². The first-order valence-corrected chi connectivity index (χ1v) is 6.41. The molecule has 0 saturated heterocycles. The number of benzene rings is 1. The van der Waals surface area contributed by atoms with E-state index in [1.54, 1.807) is 13.2 Å². The Hall–Kier alpha value is -1.78. The van der Waals surface area contributed by atoms with Gasteiger partial charge >= 0.3 is 6.18 Å². The fourth-order valence-corrected chi connectivity index (χ4v) is 1.74. The van der Waals surface area contributed by atoms with Crippen molar-refractivity contribution in [3.8, 4) is 6.07 Å². The summed E-state index contributed by atoms with van der Waals surface area (Å²) in [6, 6.07) is 5.18. The van der Waals surface area contributed by atoms with E-state index in [-0.39, 0.29) is 5.56 Å². The Morgan fingerprint density at radius 1 is 1.33 bits per heavy atom. The van der Waals surface area contributed by atoms with Gasteiger partial charge in [-0.05, 0) is 25.2 Å². The number of anilines is 1. The molecule has 0 spiro atoms. The van der Waals surface area contributed by atoms with Gasteiger partial charge in [-0.25, -0.2) is 0 Å². The highest BCUT2D eigenvalue weighted by Gasteiger charge is 2.33. The SMILES string of the molecule is COCCN(C)CCNc1ccc(C#N)c(C(F)(F)F)c1. The van der Waals surface area contributed by atoms with Gasteiger partial charge in [0.1, 0.15) is 0 Å². The van der Waals surface area contributed by atoms with E-state index in [0.29, 0.717) is 25.4 Å². The zero-order valence-corrected chi connectivity index (χ0v) is 12.0. The van der Waals surface area contributed by atoms with Crippen LogP contribution in [-0.4, -0.2) is 45.3 Å². The van der Waals surface area contributed by atoms with Crippen molar-refractivity contribution < 1.29 is 17.9 Å². The highest BCUT2D eigenvalue weighted by atomic mass is 19.4. The highest BCUT2D eigenvalue weighted by Crippen LogP contribution is 2.33. The van der Waals surface area contributed by atoms with Crippen LogP contribution in [0.4, 0.5) is 18.9 Å². The normalized spacial score (nSPS) is 11.5. The van der Waals surface area contributed by atoms with Crippen molar-refractivity contribution in [2.75, 3.05) is 45.7 Å². The molecule has 0 aliphatic rings. The number of rotatable bonds is 7. The van der Waals surface area contributed by atoms with E-state index in [1.807, 2.05) is 11.9 Å². The molecule has 0 aliphatic carbocycles. The number of hydrogen-bond acceptors (Lipinski definition) is 4. The molecule has 1 rings (SSSR count). The third kappa shape index (κ3) is 5.61. The monoisotopic (exact) mass is 301 g/mol. The van der Waals surface area contributed by atoms with Crippen LogP contribution >= 0.6 is 0 Å². The van der Waals surface area contributed by atoms with Crippen molar-refractivity contribution in [2.24, 2.45) is 0 Å². The molecule has 7 heteroatoms. The second kappa shape index (κ2) is 7.86. The van der Waals surface area contributed by atoms with E-state index in [1.165, 1.54) is 12.1 Å². The summed E-state index contributed by atoms with van der Waals surface area (Å²) in [4.78, 5) is 2.00. The lowest BCUT2D eigenvalue weighted by molar-refractivity contribution is -0.137. The number of nitriles is 1. The summed E-state index contributed by atoms with van der Waals surface area (Å²) >= 11 is 0. The average Bonchev–Trinajstić information content (AvgIpc) is 2.44. The molecule has 0 radical (unpaired) electrons. The van der Waals surface area contributed by atoms with Crippen molar-refractivity contribution in [3.05, 3.63) is 29.3 Å². The van der Waals surface area contributed by atoms with E-state index in [9.17, 15) is 13.2 Å². The Labute approximate surface area is 122 Å². The highest BCUT2D eigenvalue weighted by molar-refractivity contribution is 5.53. The molecule has 1 aromatic rings. The molecule has 0 aromatic heterocycles. The van der Waals surface area contributed by atoms with E-state index in [0.717, 1.165) is 12.6 Å². The molecular formula is C14H18F3N3O. The van der Waals surface area contributed by atoms with Crippen molar-refractivity contribution in [1.82, 2.24) is 4.90 Å². The summed E-state index contributed by atoms with van der Waals surface area (Å²) in [5.74, 6) is 0. The van der Waals surface area contributed by atoms with Gasteiger partial charge in [-0.2, -0.15) is 18.4 Å². The molecule has 4 nitrogen and oxygen atoms in total. The first-order chi connectivity index (χ1) is 9.88. The Bertz CT molecular complexity index is 497. The van der Waals surface area contributed by atoms with Crippen LogP contribution in [0.5, 0.6) is 0 Å². The van der Waals surface area contributed by atoms with E-state index in [4.69, 9.17) is 10.00 Å². The number of halogens is 3. The fourth-order valence-electron chi connectivity index (χ4n) is 1.74. The predicted octanol–water partition coefficient (Wildman–Crippen LogP) is 2.57. The van der Waals surface area contributed by atoms with Crippen molar-refractivity contribution in [1.29, 1.82) is 5.26 Å². The molecule has 0 atom stereocenters. The lowest BCUT2D eigenvalue weighted by Crippen LogP contribution is -2.28. The van der Waals surface area contributed by atoms with Gasteiger partial charge in [-0.1, -0.05) is 0 Å². The molecule has 1 N–H and O–H groups in total. The molecule has 0 bridgehead atoms. The second-order valence-corrected chi connectivity index (χ2v) is 4.59. The van der Waals surface area contributed by atoms with E-state index in [2.05, 4.69) is 5.32 Å². The third-order valence-electron chi connectivity index (χ3n) is 2.95. The molecule has 0 heterocycles. The standard InChI is InChI=1S/C14H18F3N3O/c1-20(7-8-21-2)6-5-19-12-4-3-11(10-18)13(9-12)14(15,16)17/h3-4,9,19H,5-8H2,1-2H3. The topological polar surface area (TPSA) is 48.3 Å². The lowest BCUT2D eigenvalue weighted by atomic mass is 10.1. The van der Waals surface area contributed by atoms with Crippen LogP contribution in [-0.2, 0) is 10.9 Å². The van der Waals surface area contributed by atoms with E-state index < -0.39 is 11.7 Å². The smallest absolute Gasteiger partial charge is 0.384 e. The van der Waals surface area contributed by atoms with Gasteiger partial charge in [0.15, 0.2) is 0 Å². The average molecular weight is 301 g/mol. The zero-order chi connectivity index (χ0) is 15.9. The minimum absolute atomic E-state index is 0.349. The summed E-state index contributed by atoms with van der Waals surface area (Å²) in [5, 5.41) is 11.6. The van der Waals surface area contributed by atoms with Gasteiger partial charge in [-0.3, -0.25) is 0 Å². The van der Waals surface area contributed by atoms with Gasteiger partial charge in [0.25, 0.3) is 0 Å². The molecule has 0 unspecified atom stereocenters. The molecule has 21 heavy (non-hydrogen) atoms. The number of hydrogen-bond donors (Lipinski definition) is 1. The minimum Gasteiger partial charge on any atom is -0.384 e. The first-order valence-electron chi connectivity index (χ1n) is 6.41. The van der Waals surface area contributed by atoms with Crippen LogP contribution in [0.3, 0.4) is 0 Å². The van der Waals surface area contributed by atoms with Crippen molar-refractivity contribution >= 4 is 5.69 Å². The summed E-state index contributed by atoms with van der Waals surface area (Å²) < 4.78 is 43.4. The maximum Gasteiger partial charge on any atom is 0.417 e. The number of methoxy groups -OCH3 is 1. The van der Waals surface area contributed by atoms with Crippen LogP contribution in [0.15, 0.2) is 18.2 Å². The van der Waals surface area contributed by atoms with Crippen LogP contribution in [0.2, 0.25) is 0 Å². The number of nitrogens with one attached hydrogen (secondary N) is 1. The largest absolute Gasteiger partial charge is 0.417 e. The summed E-state index contributed by atoms with van der Waals surface area (Å²) in [7, 11) is 3.52. The van der Waals surface area contributed by atoms with Gasteiger partial charge in [0, 0.05) is 32.4 Å². The number of nitrogens with zero attached hydrogens (tertiary/aromatic N) is 2. The third-order valence-corrected chi connectivity index (χ3v) is 2.95. The summed E-state index contributed by atoms with van der Waals surface area (Å²) in [5.41, 5.74) is -0.936. The summed E-state index contributed by atoms with van der Waals surface area (Å²) in [6.45, 7) is 2.53. The molecule has 0 aliphatic heterocycles. The van der Waals surface area contributed by atoms with Gasteiger partial charge in [0.2, 0.25) is 0 Å². The molecule has 0 amide bonds. The first kappa shape index (κ1) is 17.3.